The van der Waals surface area contributed by atoms with Gasteiger partial charge in [0, 0.05) is 0 Å². The Labute approximate surface area is 122 Å². The minimum absolute atomic E-state index is 0.0895. The topological polar surface area (TPSA) is 0 Å². The van der Waals surface area contributed by atoms with Crippen LogP contribution in [0.25, 0.3) is 11.1 Å². The van der Waals surface area contributed by atoms with Gasteiger partial charge in [-0.1, -0.05) is 50.2 Å². The second-order valence-corrected chi connectivity index (χ2v) is 5.95. The third-order valence-corrected chi connectivity index (χ3v) is 4.09. The molecule has 1 aliphatic carbocycles. The molecule has 2 aromatic rings. The lowest BCUT2D eigenvalue weighted by atomic mass is 9.87. The maximum absolute atomic E-state index is 12.8. The lowest BCUT2D eigenvalue weighted by molar-refractivity contribution is -0.127. The number of fused-ring (bicyclic) bond motifs is 3. The zero-order chi connectivity index (χ0) is 15.2. The molecule has 21 heavy (non-hydrogen) atoms. The lowest BCUT2D eigenvalue weighted by Gasteiger charge is -2.19. The van der Waals surface area contributed by atoms with E-state index in [0.717, 1.165) is 28.7 Å². The van der Waals surface area contributed by atoms with E-state index in [1.54, 1.807) is 6.07 Å². The summed E-state index contributed by atoms with van der Waals surface area (Å²) in [6, 6.07) is 11.6. The van der Waals surface area contributed by atoms with Crippen molar-refractivity contribution in [2.45, 2.75) is 38.8 Å². The Hall–Kier alpha value is -1.77. The van der Waals surface area contributed by atoms with Crippen LogP contribution in [0, 0.1) is 0 Å². The third-order valence-electron chi connectivity index (χ3n) is 4.09. The molecule has 3 rings (SSSR count). The smallest absolute Gasteiger partial charge is 0.171 e. The van der Waals surface area contributed by atoms with Gasteiger partial charge in [-0.25, -0.2) is 0 Å². The highest BCUT2D eigenvalue weighted by Gasteiger charge is 2.31. The highest BCUT2D eigenvalue weighted by atomic mass is 19.4. The van der Waals surface area contributed by atoms with E-state index >= 15 is 0 Å². The fraction of sp³-hybridized carbons (Fsp3) is 0.333. The van der Waals surface area contributed by atoms with Crippen LogP contribution >= 0.6 is 0 Å². The molecule has 0 amide bonds. The van der Waals surface area contributed by atoms with E-state index in [4.69, 9.17) is 0 Å². The van der Waals surface area contributed by atoms with Gasteiger partial charge in [0.2, 0.25) is 0 Å². The zero-order valence-electron chi connectivity index (χ0n) is 12.1. The van der Waals surface area contributed by atoms with Crippen molar-refractivity contribution in [2.75, 3.05) is 0 Å². The molecule has 110 valence electrons. The Morgan fingerprint density at radius 1 is 1.00 bits per heavy atom. The van der Waals surface area contributed by atoms with Gasteiger partial charge in [0.05, 0.1) is 6.42 Å². The molecule has 0 aliphatic heterocycles. The van der Waals surface area contributed by atoms with Crippen molar-refractivity contribution >= 4 is 0 Å². The first-order chi connectivity index (χ1) is 9.87. The number of hydrogen-bond acceptors (Lipinski definition) is 0. The van der Waals surface area contributed by atoms with Gasteiger partial charge < -0.3 is 0 Å². The van der Waals surface area contributed by atoms with E-state index in [1.165, 1.54) is 5.56 Å². The SMILES string of the molecule is CC(C)c1c(CC(F)(F)F)ccc2c1Cc1ccccc1-2. The molecule has 2 aromatic carbocycles. The summed E-state index contributed by atoms with van der Waals surface area (Å²) < 4.78 is 38.4. The van der Waals surface area contributed by atoms with Gasteiger partial charge in [0.25, 0.3) is 0 Å². The Bertz CT molecular complexity index is 681. The summed E-state index contributed by atoms with van der Waals surface area (Å²) in [6.07, 6.45) is -4.27. The highest BCUT2D eigenvalue weighted by Crippen LogP contribution is 2.42. The maximum atomic E-state index is 12.8. The van der Waals surface area contributed by atoms with Gasteiger partial charge in [-0.15, -0.1) is 0 Å². The Balaban J connectivity index is 2.15. The highest BCUT2D eigenvalue weighted by molar-refractivity contribution is 5.78. The van der Waals surface area contributed by atoms with Crippen LogP contribution in [0.15, 0.2) is 36.4 Å². The van der Waals surface area contributed by atoms with Crippen molar-refractivity contribution in [3.05, 3.63) is 58.7 Å². The van der Waals surface area contributed by atoms with Crippen LogP contribution < -0.4 is 0 Å². The van der Waals surface area contributed by atoms with Crippen LogP contribution in [-0.4, -0.2) is 6.18 Å². The molecule has 0 saturated heterocycles. The summed E-state index contributed by atoms with van der Waals surface area (Å²) in [6.45, 7) is 3.94. The summed E-state index contributed by atoms with van der Waals surface area (Å²) in [7, 11) is 0. The third kappa shape index (κ3) is 2.57. The molecule has 1 aliphatic rings. The molecular formula is C18H17F3. The van der Waals surface area contributed by atoms with Gasteiger partial charge in [0.1, 0.15) is 0 Å². The van der Waals surface area contributed by atoms with Crippen LogP contribution in [0.2, 0.25) is 0 Å². The predicted molar refractivity (Wildman–Crippen MR) is 78.5 cm³/mol. The van der Waals surface area contributed by atoms with Crippen molar-refractivity contribution in [1.29, 1.82) is 0 Å². The van der Waals surface area contributed by atoms with Gasteiger partial charge in [-0.2, -0.15) is 13.2 Å². The molecule has 3 heteroatoms. The minimum Gasteiger partial charge on any atom is -0.171 e. The van der Waals surface area contributed by atoms with Crippen molar-refractivity contribution in [3.8, 4) is 11.1 Å². The Morgan fingerprint density at radius 3 is 2.38 bits per heavy atom. The zero-order valence-corrected chi connectivity index (χ0v) is 12.1. The predicted octanol–water partition coefficient (Wildman–Crippen LogP) is 5.49. The van der Waals surface area contributed by atoms with Crippen LogP contribution in [0.4, 0.5) is 13.2 Å². The van der Waals surface area contributed by atoms with Crippen LogP contribution in [0.5, 0.6) is 0 Å². The van der Waals surface area contributed by atoms with Crippen molar-refractivity contribution < 1.29 is 13.2 Å². The molecule has 0 nitrogen and oxygen atoms in total. The lowest BCUT2D eigenvalue weighted by Crippen LogP contribution is -2.14. The molecule has 0 N–H and O–H groups in total. The number of hydrogen-bond donors (Lipinski definition) is 0. The maximum Gasteiger partial charge on any atom is 0.393 e. The number of halogens is 3. The van der Waals surface area contributed by atoms with E-state index in [2.05, 4.69) is 12.1 Å². The van der Waals surface area contributed by atoms with Gasteiger partial charge in [-0.05, 0) is 45.7 Å². The monoisotopic (exact) mass is 290 g/mol. The van der Waals surface area contributed by atoms with Gasteiger partial charge in [-0.3, -0.25) is 0 Å². The van der Waals surface area contributed by atoms with E-state index in [9.17, 15) is 13.2 Å². The van der Waals surface area contributed by atoms with Crippen molar-refractivity contribution in [2.24, 2.45) is 0 Å². The number of alkyl halides is 3. The van der Waals surface area contributed by atoms with Gasteiger partial charge in [0.15, 0.2) is 0 Å². The van der Waals surface area contributed by atoms with Crippen molar-refractivity contribution in [1.82, 2.24) is 0 Å². The standard InChI is InChI=1S/C18H17F3/c1-11(2)17-13(10-18(19,20)21)7-8-15-14-6-4-3-5-12(14)9-16(15)17/h3-8,11H,9-10H2,1-2H3. The molecule has 0 spiro atoms. The number of benzene rings is 2. The molecule has 0 radical (unpaired) electrons. The van der Waals surface area contributed by atoms with E-state index in [0.29, 0.717) is 5.56 Å². The average molecular weight is 290 g/mol. The summed E-state index contributed by atoms with van der Waals surface area (Å²) in [5.41, 5.74) is 5.84. The molecule has 0 fully saturated rings. The van der Waals surface area contributed by atoms with Crippen molar-refractivity contribution in [3.63, 3.8) is 0 Å². The minimum atomic E-state index is -4.16. The molecule has 0 bridgehead atoms. The average Bonchev–Trinajstić information content (AvgIpc) is 2.74. The summed E-state index contributed by atoms with van der Waals surface area (Å²) in [4.78, 5) is 0. The Kier molecular flexibility index (Phi) is 3.31. The van der Waals surface area contributed by atoms with E-state index < -0.39 is 12.6 Å². The first-order valence-electron chi connectivity index (χ1n) is 7.16. The normalized spacial score (nSPS) is 13.4. The van der Waals surface area contributed by atoms with E-state index in [-0.39, 0.29) is 5.92 Å². The summed E-state index contributed by atoms with van der Waals surface area (Å²) in [5.74, 6) is 0.0895. The molecule has 0 atom stereocenters. The van der Waals surface area contributed by atoms with Crippen LogP contribution in [0.1, 0.15) is 42.0 Å². The van der Waals surface area contributed by atoms with Gasteiger partial charge >= 0.3 is 6.18 Å². The van der Waals surface area contributed by atoms with Crippen LogP contribution in [0.3, 0.4) is 0 Å². The summed E-state index contributed by atoms with van der Waals surface area (Å²) >= 11 is 0. The quantitative estimate of drug-likeness (QED) is 0.585. The molecule has 0 unspecified atom stereocenters. The van der Waals surface area contributed by atoms with E-state index in [1.807, 2.05) is 32.0 Å². The molecule has 0 saturated carbocycles. The Morgan fingerprint density at radius 2 is 1.71 bits per heavy atom. The molecular weight excluding hydrogens is 273 g/mol. The number of rotatable bonds is 2. The fourth-order valence-electron chi connectivity index (χ4n) is 3.37. The van der Waals surface area contributed by atoms with Crippen LogP contribution in [-0.2, 0) is 12.8 Å². The first-order valence-corrected chi connectivity index (χ1v) is 7.16. The molecule has 0 heterocycles. The largest absolute Gasteiger partial charge is 0.393 e. The molecule has 0 aromatic heterocycles. The first kappa shape index (κ1) is 14.2. The second kappa shape index (κ2) is 4.90. The summed E-state index contributed by atoms with van der Waals surface area (Å²) in [5, 5.41) is 0. The second-order valence-electron chi connectivity index (χ2n) is 5.95. The fourth-order valence-corrected chi connectivity index (χ4v) is 3.37.